The highest BCUT2D eigenvalue weighted by atomic mass is 17.2. The van der Waals surface area contributed by atoms with E-state index < -0.39 is 11.9 Å². The number of carbonyl (C=O) groups excluding carboxylic acids is 4. The van der Waals surface area contributed by atoms with Gasteiger partial charge in [-0.05, 0) is 36.5 Å². The number of carbonyl (C=O) groups is 4. The molecule has 2 saturated heterocycles. The van der Waals surface area contributed by atoms with E-state index in [1.165, 1.54) is 24.4 Å². The second kappa shape index (κ2) is 10.6. The third kappa shape index (κ3) is 5.30. The first-order chi connectivity index (χ1) is 17.9. The normalized spacial score (nSPS) is 20.1. The molecular formula is C25H28N6O6. The number of hydrogen-bond acceptors (Lipinski definition) is 9. The number of benzene rings is 1. The van der Waals surface area contributed by atoms with Crippen molar-refractivity contribution in [3.63, 3.8) is 0 Å². The van der Waals surface area contributed by atoms with E-state index in [0.29, 0.717) is 23.5 Å². The van der Waals surface area contributed by atoms with Gasteiger partial charge in [0.1, 0.15) is 6.04 Å². The third-order valence-corrected chi connectivity index (χ3v) is 6.90. The quantitative estimate of drug-likeness (QED) is 0.314. The monoisotopic (exact) mass is 508 g/mol. The van der Waals surface area contributed by atoms with Gasteiger partial charge in [0.05, 0.1) is 18.8 Å². The van der Waals surface area contributed by atoms with Crippen LogP contribution in [0.4, 0.5) is 5.95 Å². The van der Waals surface area contributed by atoms with Crippen LogP contribution in [0.25, 0.3) is 0 Å². The molecule has 1 atom stereocenters. The number of hydrogen-bond donors (Lipinski definition) is 2. The zero-order valence-corrected chi connectivity index (χ0v) is 20.4. The van der Waals surface area contributed by atoms with E-state index in [1.54, 1.807) is 12.1 Å². The Labute approximate surface area is 213 Å². The van der Waals surface area contributed by atoms with Crippen LogP contribution >= 0.6 is 0 Å². The molecule has 194 valence electrons. The average molecular weight is 509 g/mol. The summed E-state index contributed by atoms with van der Waals surface area (Å²) in [5, 5.41) is 5.16. The van der Waals surface area contributed by atoms with Crippen LogP contribution in [-0.2, 0) is 32.5 Å². The molecular weight excluding hydrogens is 480 g/mol. The zero-order chi connectivity index (χ0) is 25.9. The first-order valence-corrected chi connectivity index (χ1v) is 12.2. The van der Waals surface area contributed by atoms with Gasteiger partial charge < -0.3 is 15.1 Å². The molecule has 3 aliphatic rings. The molecule has 1 aromatic carbocycles. The number of amides is 4. The fraction of sp³-hybridized carbons (Fsp3) is 0.440. The lowest BCUT2D eigenvalue weighted by Crippen LogP contribution is -2.52. The molecule has 3 aliphatic heterocycles. The average Bonchev–Trinajstić information content (AvgIpc) is 3.23. The number of rotatable bonds is 7. The zero-order valence-electron chi connectivity index (χ0n) is 20.4. The standard InChI is InChI=1S/C25H28N6O6/c1-36-37-18-6-8-30(9-7-18)25-27-12-17(13-28-25)22(33)26-11-15-2-3-19-16(10-15)14-31(24(19)35)20-4-5-21(32)29-23(20)34/h2-3,10,12-13,18,20H,4-9,11,14H2,1H3,(H,26,33)(H,29,32,34). The second-order valence-corrected chi connectivity index (χ2v) is 9.30. The Bertz CT molecular complexity index is 1210. The van der Waals surface area contributed by atoms with Crippen LogP contribution in [0.15, 0.2) is 30.6 Å². The molecule has 12 heteroatoms. The van der Waals surface area contributed by atoms with Crippen molar-refractivity contribution in [3.8, 4) is 0 Å². The largest absolute Gasteiger partial charge is 0.348 e. The molecule has 0 saturated carbocycles. The Morgan fingerprint density at radius 2 is 1.89 bits per heavy atom. The van der Waals surface area contributed by atoms with Crippen molar-refractivity contribution in [2.45, 2.75) is 50.9 Å². The Morgan fingerprint density at radius 3 is 2.59 bits per heavy atom. The summed E-state index contributed by atoms with van der Waals surface area (Å²) in [6.45, 7) is 2.02. The Morgan fingerprint density at radius 1 is 1.14 bits per heavy atom. The van der Waals surface area contributed by atoms with Crippen molar-refractivity contribution in [1.29, 1.82) is 0 Å². The SMILES string of the molecule is COOC1CCN(c2ncc(C(=O)NCc3ccc4c(c3)CN(C3CCC(=O)NC3=O)C4=O)cn2)CC1. The molecule has 0 radical (unpaired) electrons. The van der Waals surface area contributed by atoms with Crippen molar-refractivity contribution in [2.24, 2.45) is 0 Å². The predicted molar refractivity (Wildman–Crippen MR) is 129 cm³/mol. The van der Waals surface area contributed by atoms with Crippen LogP contribution in [-0.4, -0.2) is 70.8 Å². The Balaban J connectivity index is 1.16. The number of nitrogens with zero attached hydrogens (tertiary/aromatic N) is 4. The van der Waals surface area contributed by atoms with Crippen LogP contribution in [0.3, 0.4) is 0 Å². The van der Waals surface area contributed by atoms with E-state index in [-0.39, 0.29) is 43.3 Å². The third-order valence-electron chi connectivity index (χ3n) is 6.90. The lowest BCUT2D eigenvalue weighted by Gasteiger charge is -2.30. The maximum atomic E-state index is 12.8. The molecule has 0 aliphatic carbocycles. The molecule has 12 nitrogen and oxygen atoms in total. The van der Waals surface area contributed by atoms with Crippen molar-refractivity contribution < 1.29 is 29.0 Å². The van der Waals surface area contributed by atoms with Crippen LogP contribution in [0.5, 0.6) is 0 Å². The molecule has 4 amide bonds. The van der Waals surface area contributed by atoms with E-state index in [1.807, 2.05) is 11.0 Å². The molecule has 4 heterocycles. The van der Waals surface area contributed by atoms with Gasteiger partial charge >= 0.3 is 0 Å². The fourth-order valence-corrected chi connectivity index (χ4v) is 4.91. The highest BCUT2D eigenvalue weighted by Gasteiger charge is 2.39. The molecule has 0 spiro atoms. The lowest BCUT2D eigenvalue weighted by molar-refractivity contribution is -0.307. The fourth-order valence-electron chi connectivity index (χ4n) is 4.91. The van der Waals surface area contributed by atoms with Crippen molar-refractivity contribution in [1.82, 2.24) is 25.5 Å². The summed E-state index contributed by atoms with van der Waals surface area (Å²) >= 11 is 0. The summed E-state index contributed by atoms with van der Waals surface area (Å²) in [6, 6.07) is 4.69. The van der Waals surface area contributed by atoms with Crippen LogP contribution in [0.2, 0.25) is 0 Å². The minimum absolute atomic E-state index is 0.0594. The minimum Gasteiger partial charge on any atom is -0.348 e. The summed E-state index contributed by atoms with van der Waals surface area (Å²) in [4.78, 5) is 71.3. The minimum atomic E-state index is -0.659. The predicted octanol–water partition coefficient (Wildman–Crippen LogP) is 0.714. The highest BCUT2D eigenvalue weighted by molar-refractivity contribution is 6.05. The van der Waals surface area contributed by atoms with Gasteiger partial charge in [-0.2, -0.15) is 0 Å². The molecule has 2 aromatic rings. The maximum absolute atomic E-state index is 12.8. The van der Waals surface area contributed by atoms with Crippen LogP contribution < -0.4 is 15.5 Å². The van der Waals surface area contributed by atoms with Gasteiger partial charge in [-0.15, -0.1) is 0 Å². The molecule has 5 rings (SSSR count). The maximum Gasteiger partial charge on any atom is 0.255 e. The van der Waals surface area contributed by atoms with Gasteiger partial charge in [0.2, 0.25) is 17.8 Å². The van der Waals surface area contributed by atoms with Crippen LogP contribution in [0, 0.1) is 0 Å². The summed E-state index contributed by atoms with van der Waals surface area (Å²) in [6.07, 6.45) is 5.20. The Kier molecular flexibility index (Phi) is 7.10. The van der Waals surface area contributed by atoms with Gasteiger partial charge in [0.15, 0.2) is 0 Å². The van der Waals surface area contributed by atoms with E-state index in [4.69, 9.17) is 9.78 Å². The number of nitrogens with one attached hydrogen (secondary N) is 2. The topological polar surface area (TPSA) is 143 Å². The van der Waals surface area contributed by atoms with Gasteiger partial charge in [-0.25, -0.2) is 19.7 Å². The molecule has 0 bridgehead atoms. The molecule has 1 aromatic heterocycles. The number of imide groups is 1. The van der Waals surface area contributed by atoms with Gasteiger partial charge in [-0.1, -0.05) is 12.1 Å². The number of anilines is 1. The summed E-state index contributed by atoms with van der Waals surface area (Å²) in [5.74, 6) is -0.728. The number of fused-ring (bicyclic) bond motifs is 1. The smallest absolute Gasteiger partial charge is 0.255 e. The molecule has 2 fully saturated rings. The van der Waals surface area contributed by atoms with E-state index in [2.05, 4.69) is 20.6 Å². The van der Waals surface area contributed by atoms with E-state index in [0.717, 1.165) is 37.1 Å². The summed E-state index contributed by atoms with van der Waals surface area (Å²) in [7, 11) is 1.50. The van der Waals surface area contributed by atoms with E-state index in [9.17, 15) is 19.2 Å². The second-order valence-electron chi connectivity index (χ2n) is 9.30. The van der Waals surface area contributed by atoms with Crippen LogP contribution in [0.1, 0.15) is 57.5 Å². The Hall–Kier alpha value is -3.90. The van der Waals surface area contributed by atoms with Gasteiger partial charge in [-0.3, -0.25) is 24.5 Å². The molecule has 1 unspecified atom stereocenters. The summed E-state index contributed by atoms with van der Waals surface area (Å²) < 4.78 is 0. The lowest BCUT2D eigenvalue weighted by atomic mass is 10.0. The summed E-state index contributed by atoms with van der Waals surface area (Å²) in [5.41, 5.74) is 2.49. The molecule has 2 N–H and O–H groups in total. The number of piperidine rings is 2. The first-order valence-electron chi connectivity index (χ1n) is 12.2. The first kappa shape index (κ1) is 24.8. The van der Waals surface area contributed by atoms with Crippen molar-refractivity contribution in [2.75, 3.05) is 25.1 Å². The highest BCUT2D eigenvalue weighted by Crippen LogP contribution is 2.28. The van der Waals surface area contributed by atoms with Crippen molar-refractivity contribution >= 4 is 29.6 Å². The molecule has 37 heavy (non-hydrogen) atoms. The van der Waals surface area contributed by atoms with Gasteiger partial charge in [0.25, 0.3) is 11.8 Å². The number of aromatic nitrogens is 2. The van der Waals surface area contributed by atoms with Gasteiger partial charge in [0, 0.05) is 50.6 Å². The van der Waals surface area contributed by atoms with E-state index >= 15 is 0 Å². The van der Waals surface area contributed by atoms with Crippen molar-refractivity contribution in [3.05, 3.63) is 52.8 Å².